The molecule has 0 radical (unpaired) electrons. The Balaban J connectivity index is 2.17. The fourth-order valence-corrected chi connectivity index (χ4v) is 2.71. The second kappa shape index (κ2) is 5.07. The van der Waals surface area contributed by atoms with Crippen LogP contribution in [0.3, 0.4) is 0 Å². The maximum atomic E-state index is 9.53. The highest BCUT2D eigenvalue weighted by Crippen LogP contribution is 2.41. The summed E-state index contributed by atoms with van der Waals surface area (Å²) in [7, 11) is 3.41. The molecule has 0 bridgehead atoms. The van der Waals surface area contributed by atoms with Gasteiger partial charge in [0.05, 0.1) is 0 Å². The molecule has 1 aromatic rings. The minimum absolute atomic E-state index is 0.327. The van der Waals surface area contributed by atoms with E-state index in [0.29, 0.717) is 11.7 Å². The van der Waals surface area contributed by atoms with Gasteiger partial charge in [-0.1, -0.05) is 12.1 Å². The van der Waals surface area contributed by atoms with Gasteiger partial charge in [-0.2, -0.15) is 0 Å². The van der Waals surface area contributed by atoms with Gasteiger partial charge < -0.3 is 14.6 Å². The molecule has 3 nitrogen and oxygen atoms in total. The van der Waals surface area contributed by atoms with Gasteiger partial charge in [0, 0.05) is 27.1 Å². The van der Waals surface area contributed by atoms with E-state index in [-0.39, 0.29) is 0 Å². The monoisotopic (exact) mass is 236 g/mol. The molecule has 0 aliphatic heterocycles. The zero-order valence-electron chi connectivity index (χ0n) is 10.5. The normalized spacial score (nSPS) is 23.5. The molecule has 0 spiro atoms. The van der Waals surface area contributed by atoms with Gasteiger partial charge in [-0.3, -0.25) is 0 Å². The third-order valence-electron chi connectivity index (χ3n) is 3.75. The van der Waals surface area contributed by atoms with Crippen molar-refractivity contribution < 1.29 is 14.6 Å². The number of methoxy groups -OCH3 is 2. The van der Waals surface area contributed by atoms with Crippen molar-refractivity contribution >= 4 is 0 Å². The van der Waals surface area contributed by atoms with E-state index in [2.05, 4.69) is 6.07 Å². The second-order valence-electron chi connectivity index (χ2n) is 4.71. The van der Waals surface area contributed by atoms with E-state index in [9.17, 15) is 5.11 Å². The minimum Gasteiger partial charge on any atom is -0.508 e. The fraction of sp³-hybridized carbons (Fsp3) is 0.571. The van der Waals surface area contributed by atoms with E-state index in [1.807, 2.05) is 12.1 Å². The van der Waals surface area contributed by atoms with Crippen LogP contribution < -0.4 is 0 Å². The Bertz CT molecular complexity index is 371. The topological polar surface area (TPSA) is 38.7 Å². The Labute approximate surface area is 102 Å². The average Bonchev–Trinajstić information content (AvgIpc) is 2.39. The number of aromatic hydroxyl groups is 1. The fourth-order valence-electron chi connectivity index (χ4n) is 2.71. The number of rotatable bonds is 3. The Morgan fingerprint density at radius 1 is 1.29 bits per heavy atom. The van der Waals surface area contributed by atoms with Crippen LogP contribution in [0.2, 0.25) is 0 Å². The summed E-state index contributed by atoms with van der Waals surface area (Å²) in [5.41, 5.74) is 1.17. The standard InChI is InChI=1S/C14H20O3/c1-16-14(17-2)8-4-6-12(10-14)11-5-3-7-13(15)9-11/h3,5,7,9,12,15H,4,6,8,10H2,1-2H3. The van der Waals surface area contributed by atoms with Gasteiger partial charge in [-0.15, -0.1) is 0 Å². The smallest absolute Gasteiger partial charge is 0.168 e. The van der Waals surface area contributed by atoms with Crippen LogP contribution in [0.5, 0.6) is 5.75 Å². The maximum Gasteiger partial charge on any atom is 0.168 e. The van der Waals surface area contributed by atoms with Gasteiger partial charge in [-0.05, 0) is 36.5 Å². The Morgan fingerprint density at radius 3 is 2.71 bits per heavy atom. The molecule has 17 heavy (non-hydrogen) atoms. The van der Waals surface area contributed by atoms with Crippen molar-refractivity contribution in [1.29, 1.82) is 0 Å². The van der Waals surface area contributed by atoms with Crippen molar-refractivity contribution in [3.63, 3.8) is 0 Å². The molecule has 1 aliphatic carbocycles. The Morgan fingerprint density at radius 2 is 2.06 bits per heavy atom. The summed E-state index contributed by atoms with van der Waals surface area (Å²) in [5, 5.41) is 9.53. The van der Waals surface area contributed by atoms with Gasteiger partial charge >= 0.3 is 0 Å². The lowest BCUT2D eigenvalue weighted by Crippen LogP contribution is -2.38. The lowest BCUT2D eigenvalue weighted by Gasteiger charge is -2.38. The van der Waals surface area contributed by atoms with Crippen molar-refractivity contribution in [3.8, 4) is 5.75 Å². The van der Waals surface area contributed by atoms with Crippen molar-refractivity contribution in [1.82, 2.24) is 0 Å². The molecular weight excluding hydrogens is 216 g/mol. The van der Waals surface area contributed by atoms with Crippen molar-refractivity contribution in [2.45, 2.75) is 37.4 Å². The van der Waals surface area contributed by atoms with Gasteiger partial charge in [-0.25, -0.2) is 0 Å². The SMILES string of the molecule is COC1(OC)CCCC(c2cccc(O)c2)C1. The van der Waals surface area contributed by atoms with E-state index < -0.39 is 5.79 Å². The number of hydrogen-bond acceptors (Lipinski definition) is 3. The minimum atomic E-state index is -0.450. The first-order chi connectivity index (χ1) is 8.19. The van der Waals surface area contributed by atoms with E-state index >= 15 is 0 Å². The number of phenolic OH excluding ortho intramolecular Hbond substituents is 1. The van der Waals surface area contributed by atoms with Crippen molar-refractivity contribution in [2.24, 2.45) is 0 Å². The molecule has 2 rings (SSSR count). The highest BCUT2D eigenvalue weighted by atomic mass is 16.7. The highest BCUT2D eigenvalue weighted by Gasteiger charge is 2.37. The first-order valence-corrected chi connectivity index (χ1v) is 6.08. The van der Waals surface area contributed by atoms with Gasteiger partial charge in [0.2, 0.25) is 0 Å². The van der Waals surface area contributed by atoms with Gasteiger partial charge in [0.15, 0.2) is 5.79 Å². The summed E-state index contributed by atoms with van der Waals surface area (Å²) in [6.07, 6.45) is 4.00. The summed E-state index contributed by atoms with van der Waals surface area (Å²) in [5.74, 6) is 0.276. The van der Waals surface area contributed by atoms with Crippen molar-refractivity contribution in [2.75, 3.05) is 14.2 Å². The van der Waals surface area contributed by atoms with Crippen LogP contribution in [-0.2, 0) is 9.47 Å². The van der Waals surface area contributed by atoms with Crippen molar-refractivity contribution in [3.05, 3.63) is 29.8 Å². The summed E-state index contributed by atoms with van der Waals surface area (Å²) < 4.78 is 11.1. The van der Waals surface area contributed by atoms with E-state index in [4.69, 9.17) is 9.47 Å². The molecule has 1 fully saturated rings. The van der Waals surface area contributed by atoms with Crippen LogP contribution in [0.25, 0.3) is 0 Å². The molecule has 1 unspecified atom stereocenters. The van der Waals surface area contributed by atoms with Crippen LogP contribution in [0.15, 0.2) is 24.3 Å². The Kier molecular flexibility index (Phi) is 3.69. The van der Waals surface area contributed by atoms with Crippen LogP contribution >= 0.6 is 0 Å². The van der Waals surface area contributed by atoms with Crippen LogP contribution in [0.1, 0.15) is 37.2 Å². The van der Waals surface area contributed by atoms with Crippen LogP contribution in [-0.4, -0.2) is 25.1 Å². The van der Waals surface area contributed by atoms with E-state index in [1.165, 1.54) is 5.56 Å². The predicted octanol–water partition coefficient (Wildman–Crippen LogP) is 3.04. The molecular formula is C14H20O3. The van der Waals surface area contributed by atoms with Gasteiger partial charge in [0.25, 0.3) is 0 Å². The summed E-state index contributed by atoms with van der Waals surface area (Å²) in [6.45, 7) is 0. The quantitative estimate of drug-likeness (QED) is 0.820. The third kappa shape index (κ3) is 2.61. The molecule has 1 aliphatic rings. The highest BCUT2D eigenvalue weighted by molar-refractivity contribution is 5.30. The summed E-state index contributed by atoms with van der Waals surface area (Å²) in [6, 6.07) is 7.49. The number of benzene rings is 1. The second-order valence-corrected chi connectivity index (χ2v) is 4.71. The number of ether oxygens (including phenoxy) is 2. The maximum absolute atomic E-state index is 9.53. The predicted molar refractivity (Wildman–Crippen MR) is 66.1 cm³/mol. The first kappa shape index (κ1) is 12.4. The molecule has 1 N–H and O–H groups in total. The molecule has 1 saturated carbocycles. The zero-order valence-corrected chi connectivity index (χ0v) is 10.5. The molecule has 3 heteroatoms. The number of hydrogen-bond donors (Lipinski definition) is 1. The average molecular weight is 236 g/mol. The molecule has 94 valence electrons. The molecule has 0 aromatic heterocycles. The summed E-state index contributed by atoms with van der Waals surface area (Å²) in [4.78, 5) is 0. The van der Waals surface area contributed by atoms with Crippen LogP contribution in [0.4, 0.5) is 0 Å². The molecule has 0 amide bonds. The van der Waals surface area contributed by atoms with Gasteiger partial charge in [0.1, 0.15) is 5.75 Å². The lowest BCUT2D eigenvalue weighted by molar-refractivity contribution is -0.226. The lowest BCUT2D eigenvalue weighted by atomic mass is 9.80. The zero-order chi connectivity index (χ0) is 12.3. The molecule has 1 atom stereocenters. The van der Waals surface area contributed by atoms with Crippen LogP contribution in [0, 0.1) is 0 Å². The molecule has 0 saturated heterocycles. The molecule has 1 aromatic carbocycles. The Hall–Kier alpha value is -1.06. The van der Waals surface area contributed by atoms with E-state index in [0.717, 1.165) is 25.7 Å². The third-order valence-corrected chi connectivity index (χ3v) is 3.75. The number of phenols is 1. The molecule has 0 heterocycles. The van der Waals surface area contributed by atoms with E-state index in [1.54, 1.807) is 20.3 Å². The first-order valence-electron chi connectivity index (χ1n) is 6.08. The largest absolute Gasteiger partial charge is 0.508 e. The summed E-state index contributed by atoms with van der Waals surface area (Å²) >= 11 is 0.